The zero-order valence-electron chi connectivity index (χ0n) is 15.2. The molecule has 0 bridgehead atoms. The summed E-state index contributed by atoms with van der Waals surface area (Å²) in [6.07, 6.45) is 1.06. The molecule has 1 aromatic rings. The van der Waals surface area contributed by atoms with Crippen LogP contribution in [0.3, 0.4) is 0 Å². The number of amides is 1. The molecule has 1 aliphatic heterocycles. The van der Waals surface area contributed by atoms with Gasteiger partial charge in [-0.15, -0.1) is 0 Å². The number of Topliss-reactive ketones (excluding diaryl/α,β-unsaturated/α-hetero) is 1. The minimum Gasteiger partial charge on any atom is -0.456 e. The Balaban J connectivity index is 1.99. The summed E-state index contributed by atoms with van der Waals surface area (Å²) in [6.45, 7) is 6.99. The van der Waals surface area contributed by atoms with E-state index in [1.54, 1.807) is 51.1 Å². The zero-order valence-corrected chi connectivity index (χ0v) is 16.8. The van der Waals surface area contributed by atoms with E-state index >= 15 is 0 Å². The van der Waals surface area contributed by atoms with Gasteiger partial charge in [0.05, 0.1) is 0 Å². The molecule has 2 rings (SSSR count). The van der Waals surface area contributed by atoms with Gasteiger partial charge in [0.2, 0.25) is 0 Å². The van der Waals surface area contributed by atoms with Crippen LogP contribution in [0.1, 0.15) is 38.1 Å². The maximum Gasteiger partial charge on any atom is 0.411 e. The molecule has 1 aliphatic rings. The number of nitrogens with zero attached hydrogens (tertiary/aromatic N) is 1. The van der Waals surface area contributed by atoms with Gasteiger partial charge in [0.15, 0.2) is 18.4 Å². The van der Waals surface area contributed by atoms with Gasteiger partial charge in [0.1, 0.15) is 5.60 Å². The van der Waals surface area contributed by atoms with E-state index in [1.165, 1.54) is 4.90 Å². The molecule has 26 heavy (non-hydrogen) atoms. The lowest BCUT2D eigenvalue weighted by atomic mass is 10.1. The first kappa shape index (κ1) is 20.2. The maximum absolute atomic E-state index is 12.4. The average molecular weight is 424 g/mol. The minimum atomic E-state index is -0.887. The van der Waals surface area contributed by atoms with Gasteiger partial charge in [-0.2, -0.15) is 0 Å². The number of rotatable bonds is 4. The monoisotopic (exact) mass is 423 g/mol. The smallest absolute Gasteiger partial charge is 0.411 e. The Morgan fingerprint density at radius 1 is 1.19 bits per heavy atom. The van der Waals surface area contributed by atoms with Crippen LogP contribution in [-0.4, -0.2) is 47.5 Å². The Hall–Kier alpha value is -2.15. The molecule has 7 heteroatoms. The number of carbonyl (C=O) groups excluding carboxylic acids is 3. The quantitative estimate of drug-likeness (QED) is 0.418. The van der Waals surface area contributed by atoms with Crippen molar-refractivity contribution in [2.75, 3.05) is 13.2 Å². The topological polar surface area (TPSA) is 72.9 Å². The van der Waals surface area contributed by atoms with Crippen LogP contribution in [0.25, 0.3) is 0 Å². The van der Waals surface area contributed by atoms with Crippen molar-refractivity contribution < 1.29 is 23.9 Å². The highest BCUT2D eigenvalue weighted by molar-refractivity contribution is 9.10. The van der Waals surface area contributed by atoms with Gasteiger partial charge in [-0.25, -0.2) is 9.59 Å². The number of benzene rings is 1. The molecule has 0 saturated carbocycles. The summed E-state index contributed by atoms with van der Waals surface area (Å²) in [5.41, 5.74) is 0.639. The van der Waals surface area contributed by atoms with Crippen molar-refractivity contribution in [3.63, 3.8) is 0 Å². The second-order valence-corrected chi connectivity index (χ2v) is 8.02. The molecule has 6 nitrogen and oxygen atoms in total. The van der Waals surface area contributed by atoms with Crippen LogP contribution in [0.4, 0.5) is 4.79 Å². The van der Waals surface area contributed by atoms with Gasteiger partial charge in [-0.3, -0.25) is 9.69 Å². The van der Waals surface area contributed by atoms with Crippen molar-refractivity contribution in [2.24, 2.45) is 0 Å². The molecule has 0 spiro atoms. The van der Waals surface area contributed by atoms with Gasteiger partial charge in [0, 0.05) is 16.6 Å². The van der Waals surface area contributed by atoms with Crippen LogP contribution in [0.15, 0.2) is 40.4 Å². The Morgan fingerprint density at radius 2 is 1.81 bits per heavy atom. The summed E-state index contributed by atoms with van der Waals surface area (Å²) < 4.78 is 11.3. The predicted molar refractivity (Wildman–Crippen MR) is 99.9 cm³/mol. The fourth-order valence-electron chi connectivity index (χ4n) is 2.41. The number of halogens is 1. The number of ketones is 1. The lowest BCUT2D eigenvalue weighted by molar-refractivity contribution is -0.146. The van der Waals surface area contributed by atoms with Crippen molar-refractivity contribution in [3.8, 4) is 0 Å². The summed E-state index contributed by atoms with van der Waals surface area (Å²) in [7, 11) is 0. The zero-order chi connectivity index (χ0) is 19.5. The standard InChI is InChI=1S/C19H22BrNO5/c1-12-9-15(21(10-12)18(24)26-19(2,3)4)17(23)25-11-16(22)13-5-7-14(20)8-6-13/h5-9,15H,10-11H2,1-4H3. The highest BCUT2D eigenvalue weighted by Gasteiger charge is 2.36. The van der Waals surface area contributed by atoms with Crippen LogP contribution in [0.2, 0.25) is 0 Å². The van der Waals surface area contributed by atoms with Crippen LogP contribution in [-0.2, 0) is 14.3 Å². The van der Waals surface area contributed by atoms with Crippen molar-refractivity contribution >= 4 is 33.8 Å². The van der Waals surface area contributed by atoms with Crippen LogP contribution in [0.5, 0.6) is 0 Å². The fraction of sp³-hybridized carbons (Fsp3) is 0.421. The second-order valence-electron chi connectivity index (χ2n) is 7.10. The van der Waals surface area contributed by atoms with E-state index in [0.29, 0.717) is 5.56 Å². The summed E-state index contributed by atoms with van der Waals surface area (Å²) >= 11 is 3.30. The predicted octanol–water partition coefficient (Wildman–Crippen LogP) is 3.74. The van der Waals surface area contributed by atoms with Crippen LogP contribution in [0, 0.1) is 0 Å². The summed E-state index contributed by atoms with van der Waals surface area (Å²) in [4.78, 5) is 38.1. The molecule has 1 heterocycles. The minimum absolute atomic E-state index is 0.287. The molecule has 0 saturated heterocycles. The third-order valence-corrected chi connectivity index (χ3v) is 4.11. The number of ether oxygens (including phenoxy) is 2. The first-order chi connectivity index (χ1) is 12.1. The summed E-state index contributed by atoms with van der Waals surface area (Å²) in [6, 6.07) is 5.88. The van der Waals surface area contributed by atoms with Crippen LogP contribution >= 0.6 is 15.9 Å². The average Bonchev–Trinajstić information content (AvgIpc) is 2.93. The molecule has 1 amide bonds. The van der Waals surface area contributed by atoms with Gasteiger partial charge in [0.25, 0.3) is 0 Å². The number of hydrogen-bond donors (Lipinski definition) is 0. The fourth-order valence-corrected chi connectivity index (χ4v) is 2.68. The van der Waals surface area contributed by atoms with E-state index in [2.05, 4.69) is 15.9 Å². The van der Waals surface area contributed by atoms with E-state index in [1.807, 2.05) is 6.92 Å². The van der Waals surface area contributed by atoms with E-state index in [0.717, 1.165) is 10.0 Å². The molecule has 1 atom stereocenters. The SMILES string of the molecule is CC1=CC(C(=O)OCC(=O)c2ccc(Br)cc2)N(C(=O)OC(C)(C)C)C1. The highest BCUT2D eigenvalue weighted by Crippen LogP contribution is 2.21. The number of hydrogen-bond acceptors (Lipinski definition) is 5. The Morgan fingerprint density at radius 3 is 2.38 bits per heavy atom. The van der Waals surface area contributed by atoms with Crippen molar-refractivity contribution in [2.45, 2.75) is 39.3 Å². The molecule has 0 aromatic heterocycles. The molecule has 0 aliphatic carbocycles. The maximum atomic E-state index is 12.4. The molecule has 0 N–H and O–H groups in total. The molecular formula is C19H22BrNO5. The molecule has 140 valence electrons. The summed E-state index contributed by atoms with van der Waals surface area (Å²) in [5.74, 6) is -0.966. The first-order valence-electron chi connectivity index (χ1n) is 8.19. The molecular weight excluding hydrogens is 402 g/mol. The Bertz CT molecular complexity index is 733. The largest absolute Gasteiger partial charge is 0.456 e. The summed E-state index contributed by atoms with van der Waals surface area (Å²) in [5, 5.41) is 0. The molecule has 1 aromatic carbocycles. The van der Waals surface area contributed by atoms with E-state index in [9.17, 15) is 14.4 Å². The Labute approximate surface area is 161 Å². The number of carbonyl (C=O) groups is 3. The third-order valence-electron chi connectivity index (χ3n) is 3.58. The molecule has 0 radical (unpaired) electrons. The van der Waals surface area contributed by atoms with Crippen molar-refractivity contribution in [1.82, 2.24) is 4.90 Å². The van der Waals surface area contributed by atoms with E-state index in [-0.39, 0.29) is 18.9 Å². The van der Waals surface area contributed by atoms with Crippen LogP contribution < -0.4 is 0 Å². The third kappa shape index (κ3) is 5.42. The molecule has 1 unspecified atom stereocenters. The van der Waals surface area contributed by atoms with E-state index < -0.39 is 23.7 Å². The second kappa shape index (κ2) is 8.03. The lowest BCUT2D eigenvalue weighted by Crippen LogP contribution is -2.44. The van der Waals surface area contributed by atoms with Gasteiger partial charge in [-0.1, -0.05) is 39.7 Å². The van der Waals surface area contributed by atoms with Gasteiger partial charge < -0.3 is 9.47 Å². The normalized spacial score (nSPS) is 16.9. The highest BCUT2D eigenvalue weighted by atomic mass is 79.9. The van der Waals surface area contributed by atoms with Gasteiger partial charge >= 0.3 is 12.1 Å². The Kier molecular flexibility index (Phi) is 6.23. The van der Waals surface area contributed by atoms with E-state index in [4.69, 9.17) is 9.47 Å². The van der Waals surface area contributed by atoms with Crippen molar-refractivity contribution in [3.05, 3.63) is 46.0 Å². The van der Waals surface area contributed by atoms with Crippen molar-refractivity contribution in [1.29, 1.82) is 0 Å². The first-order valence-corrected chi connectivity index (χ1v) is 8.98. The van der Waals surface area contributed by atoms with Gasteiger partial charge in [-0.05, 0) is 39.8 Å². The molecule has 0 fully saturated rings. The number of esters is 1. The lowest BCUT2D eigenvalue weighted by Gasteiger charge is -2.27.